The van der Waals surface area contributed by atoms with E-state index in [0.717, 1.165) is 33.0 Å². The van der Waals surface area contributed by atoms with E-state index in [1.807, 2.05) is 20.8 Å². The average Bonchev–Trinajstić information content (AvgIpc) is 2.73. The Morgan fingerprint density at radius 1 is 1.00 bits per heavy atom. The van der Waals surface area contributed by atoms with Crippen LogP contribution in [0.5, 0.6) is 0 Å². The first-order valence-electron chi connectivity index (χ1n) is 5.72. The fourth-order valence-electron chi connectivity index (χ4n) is 2.31. The number of rotatable bonds is 0. The molecule has 0 aliphatic heterocycles. The number of hydrogen-bond donors (Lipinski definition) is 1. The van der Waals surface area contributed by atoms with Gasteiger partial charge in [-0.25, -0.2) is 0 Å². The highest BCUT2D eigenvalue weighted by atomic mass is 16.5. The monoisotopic (exact) mass is 243 g/mol. The first-order valence-corrected chi connectivity index (χ1v) is 5.72. The molecule has 4 nitrogen and oxygen atoms in total. The van der Waals surface area contributed by atoms with Gasteiger partial charge in [0.05, 0.1) is 6.26 Å². The van der Waals surface area contributed by atoms with Crippen LogP contribution in [0, 0.1) is 20.8 Å². The van der Waals surface area contributed by atoms with Crippen molar-refractivity contribution in [1.82, 2.24) is 0 Å². The van der Waals surface area contributed by atoms with E-state index in [2.05, 4.69) is 11.2 Å². The van der Waals surface area contributed by atoms with Crippen LogP contribution < -0.4 is 5.55 Å². The standard InChI is InChI=1S/C14H13NO3/c1-7-4-12(15-16)18-14-9(3)13-11(5-10(7)14)8(2)6-17-13/h4-6,16H,1-3H3/b15-12+. The summed E-state index contributed by atoms with van der Waals surface area (Å²) in [5.41, 5.74) is 4.75. The van der Waals surface area contributed by atoms with Crippen molar-refractivity contribution in [3.05, 3.63) is 40.6 Å². The van der Waals surface area contributed by atoms with Crippen molar-refractivity contribution >= 4 is 21.9 Å². The molecule has 18 heavy (non-hydrogen) atoms. The van der Waals surface area contributed by atoms with Crippen LogP contribution in [-0.2, 0) is 0 Å². The molecule has 92 valence electrons. The Bertz CT molecular complexity index is 824. The lowest BCUT2D eigenvalue weighted by Crippen LogP contribution is -2.01. The second kappa shape index (κ2) is 3.63. The number of fused-ring (bicyclic) bond motifs is 2. The molecule has 0 amide bonds. The number of hydrogen-bond acceptors (Lipinski definition) is 4. The molecular weight excluding hydrogens is 230 g/mol. The maximum atomic E-state index is 8.84. The Hall–Kier alpha value is -2.23. The second-order valence-electron chi connectivity index (χ2n) is 4.54. The van der Waals surface area contributed by atoms with E-state index in [1.54, 1.807) is 12.3 Å². The highest BCUT2D eigenvalue weighted by Gasteiger charge is 2.12. The van der Waals surface area contributed by atoms with E-state index < -0.39 is 0 Å². The summed E-state index contributed by atoms with van der Waals surface area (Å²) in [6.07, 6.45) is 1.74. The molecule has 2 aromatic heterocycles. The summed E-state index contributed by atoms with van der Waals surface area (Å²) in [5, 5.41) is 14.0. The molecule has 0 spiro atoms. The third kappa shape index (κ3) is 1.35. The number of furan rings is 1. The Labute approximate surface area is 103 Å². The van der Waals surface area contributed by atoms with E-state index in [9.17, 15) is 0 Å². The molecule has 1 N–H and O–H groups in total. The van der Waals surface area contributed by atoms with Crippen LogP contribution in [-0.4, -0.2) is 5.21 Å². The fourth-order valence-corrected chi connectivity index (χ4v) is 2.31. The maximum Gasteiger partial charge on any atom is 0.255 e. The van der Waals surface area contributed by atoms with Gasteiger partial charge in [0.15, 0.2) is 0 Å². The molecular formula is C14H13NO3. The second-order valence-corrected chi connectivity index (χ2v) is 4.54. The molecule has 0 unspecified atom stereocenters. The Morgan fingerprint density at radius 3 is 2.44 bits per heavy atom. The lowest BCUT2D eigenvalue weighted by atomic mass is 10.0. The van der Waals surface area contributed by atoms with Crippen molar-refractivity contribution < 1.29 is 14.0 Å². The number of aryl methyl sites for hydroxylation is 3. The number of benzene rings is 1. The van der Waals surface area contributed by atoms with Crippen LogP contribution in [0.1, 0.15) is 16.7 Å². The lowest BCUT2D eigenvalue weighted by molar-refractivity contribution is 0.276. The van der Waals surface area contributed by atoms with E-state index in [-0.39, 0.29) is 5.55 Å². The molecule has 2 heterocycles. The molecule has 0 atom stereocenters. The fraction of sp³-hybridized carbons (Fsp3) is 0.214. The van der Waals surface area contributed by atoms with Gasteiger partial charge in [-0.1, -0.05) is 0 Å². The third-order valence-electron chi connectivity index (χ3n) is 3.31. The first-order chi connectivity index (χ1) is 8.61. The largest absolute Gasteiger partial charge is 0.464 e. The van der Waals surface area contributed by atoms with Crippen LogP contribution in [0.25, 0.3) is 21.9 Å². The van der Waals surface area contributed by atoms with Crippen LogP contribution >= 0.6 is 0 Å². The Balaban J connectivity index is 2.61. The van der Waals surface area contributed by atoms with Crippen LogP contribution in [0.3, 0.4) is 0 Å². The topological polar surface area (TPSA) is 58.9 Å². The molecule has 1 aromatic carbocycles. The van der Waals surface area contributed by atoms with E-state index in [0.29, 0.717) is 5.58 Å². The summed E-state index contributed by atoms with van der Waals surface area (Å²) in [6, 6.07) is 3.76. The summed E-state index contributed by atoms with van der Waals surface area (Å²) >= 11 is 0. The van der Waals surface area contributed by atoms with Gasteiger partial charge < -0.3 is 14.0 Å². The molecule has 0 bridgehead atoms. The molecule has 0 saturated heterocycles. The molecule has 0 fully saturated rings. The predicted octanol–water partition coefficient (Wildman–Crippen LogP) is 3.39. The normalized spacial score (nSPS) is 12.7. The third-order valence-corrected chi connectivity index (χ3v) is 3.31. The minimum atomic E-state index is 0.200. The average molecular weight is 243 g/mol. The Kier molecular flexibility index (Phi) is 2.20. The van der Waals surface area contributed by atoms with E-state index in [4.69, 9.17) is 14.0 Å². The SMILES string of the molecule is Cc1coc2c(C)c3o/c(=N/O)cc(C)c3cc12. The maximum absolute atomic E-state index is 8.84. The highest BCUT2D eigenvalue weighted by molar-refractivity contribution is 5.99. The Morgan fingerprint density at radius 2 is 1.72 bits per heavy atom. The van der Waals surface area contributed by atoms with Crippen molar-refractivity contribution in [1.29, 1.82) is 0 Å². The molecule has 3 rings (SSSR count). The summed E-state index contributed by atoms with van der Waals surface area (Å²) in [4.78, 5) is 0. The van der Waals surface area contributed by atoms with Crippen molar-refractivity contribution in [3.63, 3.8) is 0 Å². The summed E-state index contributed by atoms with van der Waals surface area (Å²) in [6.45, 7) is 5.92. The van der Waals surface area contributed by atoms with Gasteiger partial charge in [0.2, 0.25) is 0 Å². The van der Waals surface area contributed by atoms with Gasteiger partial charge in [0, 0.05) is 22.4 Å². The van der Waals surface area contributed by atoms with E-state index >= 15 is 0 Å². The highest BCUT2D eigenvalue weighted by Crippen LogP contribution is 2.31. The van der Waals surface area contributed by atoms with Gasteiger partial charge in [0.1, 0.15) is 11.2 Å². The van der Waals surface area contributed by atoms with Gasteiger partial charge >= 0.3 is 0 Å². The van der Waals surface area contributed by atoms with Gasteiger partial charge in [0.25, 0.3) is 5.55 Å². The zero-order chi connectivity index (χ0) is 12.9. The minimum absolute atomic E-state index is 0.200. The minimum Gasteiger partial charge on any atom is -0.464 e. The van der Waals surface area contributed by atoms with Crippen molar-refractivity contribution in [3.8, 4) is 0 Å². The smallest absolute Gasteiger partial charge is 0.255 e. The van der Waals surface area contributed by atoms with Crippen molar-refractivity contribution in [2.75, 3.05) is 0 Å². The molecule has 0 radical (unpaired) electrons. The van der Waals surface area contributed by atoms with Crippen LogP contribution in [0.4, 0.5) is 0 Å². The van der Waals surface area contributed by atoms with Gasteiger partial charge in [-0.3, -0.25) is 0 Å². The quantitative estimate of drug-likeness (QED) is 0.486. The summed E-state index contributed by atoms with van der Waals surface area (Å²) < 4.78 is 11.1. The number of nitrogens with zero attached hydrogens (tertiary/aromatic N) is 1. The van der Waals surface area contributed by atoms with Gasteiger partial charge in [-0.05, 0) is 43.1 Å². The van der Waals surface area contributed by atoms with Gasteiger partial charge in [-0.2, -0.15) is 0 Å². The lowest BCUT2D eigenvalue weighted by Gasteiger charge is -2.05. The predicted molar refractivity (Wildman–Crippen MR) is 67.5 cm³/mol. The van der Waals surface area contributed by atoms with Crippen molar-refractivity contribution in [2.45, 2.75) is 20.8 Å². The van der Waals surface area contributed by atoms with Crippen LogP contribution in [0.2, 0.25) is 0 Å². The summed E-state index contributed by atoms with van der Waals surface area (Å²) in [5.74, 6) is 0. The van der Waals surface area contributed by atoms with Crippen LogP contribution in [0.15, 0.2) is 32.4 Å². The molecule has 0 aliphatic rings. The first kappa shape index (κ1) is 10.9. The zero-order valence-corrected chi connectivity index (χ0v) is 10.4. The van der Waals surface area contributed by atoms with E-state index in [1.165, 1.54) is 0 Å². The van der Waals surface area contributed by atoms with Gasteiger partial charge in [-0.15, -0.1) is 0 Å². The molecule has 0 aliphatic carbocycles. The molecule has 4 heteroatoms. The van der Waals surface area contributed by atoms with Crippen molar-refractivity contribution in [2.24, 2.45) is 5.16 Å². The molecule has 0 saturated carbocycles. The molecule has 3 aromatic rings. The zero-order valence-electron chi connectivity index (χ0n) is 10.4. The summed E-state index contributed by atoms with van der Waals surface area (Å²) in [7, 11) is 0.